The normalized spacial score (nSPS) is 21.4. The van der Waals surface area contributed by atoms with E-state index in [2.05, 4.69) is 11.9 Å². The van der Waals surface area contributed by atoms with Crippen molar-refractivity contribution < 1.29 is 9.13 Å². The van der Waals surface area contributed by atoms with Gasteiger partial charge in [0, 0.05) is 23.9 Å². The largest absolute Gasteiger partial charge is 0.492 e. The van der Waals surface area contributed by atoms with Gasteiger partial charge in [-0.25, -0.2) is 4.39 Å². The van der Waals surface area contributed by atoms with Crippen molar-refractivity contribution >= 4 is 5.69 Å². The van der Waals surface area contributed by atoms with Crippen molar-refractivity contribution in [3.05, 3.63) is 24.0 Å². The third kappa shape index (κ3) is 3.33. The van der Waals surface area contributed by atoms with Crippen molar-refractivity contribution in [2.24, 2.45) is 0 Å². The summed E-state index contributed by atoms with van der Waals surface area (Å²) in [7, 11) is 2.10. The number of likely N-dealkylation sites (N-methyl/N-ethyl adjacent to an activating group) is 1. The number of nitrogen functional groups attached to an aromatic ring is 1. The van der Waals surface area contributed by atoms with E-state index in [4.69, 9.17) is 10.5 Å². The van der Waals surface area contributed by atoms with Gasteiger partial charge in [0.1, 0.15) is 18.2 Å². The van der Waals surface area contributed by atoms with Crippen molar-refractivity contribution in [3.8, 4) is 5.75 Å². The summed E-state index contributed by atoms with van der Waals surface area (Å²) in [4.78, 5) is 2.30. The molecule has 17 heavy (non-hydrogen) atoms. The molecule has 1 aliphatic rings. The first-order valence-corrected chi connectivity index (χ1v) is 6.04. The third-order valence-corrected chi connectivity index (χ3v) is 3.26. The molecule has 94 valence electrons. The fraction of sp³-hybridized carbons (Fsp3) is 0.538. The van der Waals surface area contributed by atoms with Crippen LogP contribution in [0.4, 0.5) is 10.1 Å². The van der Waals surface area contributed by atoms with E-state index < -0.39 is 0 Å². The van der Waals surface area contributed by atoms with Gasteiger partial charge in [-0.1, -0.05) is 6.42 Å². The van der Waals surface area contributed by atoms with Crippen molar-refractivity contribution in [3.63, 3.8) is 0 Å². The second-order valence-corrected chi connectivity index (χ2v) is 4.66. The second kappa shape index (κ2) is 5.36. The number of piperidine rings is 1. The highest BCUT2D eigenvalue weighted by Crippen LogP contribution is 2.20. The molecule has 1 fully saturated rings. The number of rotatable bonds is 3. The first kappa shape index (κ1) is 12.2. The van der Waals surface area contributed by atoms with E-state index in [0.29, 0.717) is 24.1 Å². The SMILES string of the molecule is CN1CCCCC1COc1cc(N)cc(F)c1. The molecule has 1 aromatic carbocycles. The lowest BCUT2D eigenvalue weighted by Gasteiger charge is -2.32. The highest BCUT2D eigenvalue weighted by Gasteiger charge is 2.19. The van der Waals surface area contributed by atoms with Crippen LogP contribution in [0.5, 0.6) is 5.75 Å². The van der Waals surface area contributed by atoms with E-state index in [1.165, 1.54) is 25.0 Å². The molecule has 0 aliphatic carbocycles. The maximum atomic E-state index is 13.1. The van der Waals surface area contributed by atoms with Gasteiger partial charge in [0.2, 0.25) is 0 Å². The monoisotopic (exact) mass is 238 g/mol. The summed E-state index contributed by atoms with van der Waals surface area (Å²) in [6.45, 7) is 1.71. The highest BCUT2D eigenvalue weighted by molar-refractivity contribution is 5.44. The number of benzene rings is 1. The number of anilines is 1. The summed E-state index contributed by atoms with van der Waals surface area (Å²) in [5.41, 5.74) is 5.97. The van der Waals surface area contributed by atoms with Gasteiger partial charge in [-0.05, 0) is 32.5 Å². The Kier molecular flexibility index (Phi) is 3.84. The summed E-state index contributed by atoms with van der Waals surface area (Å²) in [6.07, 6.45) is 3.63. The highest BCUT2D eigenvalue weighted by atomic mass is 19.1. The number of ether oxygens (including phenoxy) is 1. The molecule has 2 N–H and O–H groups in total. The minimum Gasteiger partial charge on any atom is -0.492 e. The van der Waals surface area contributed by atoms with E-state index >= 15 is 0 Å². The van der Waals surface area contributed by atoms with Crippen molar-refractivity contribution in [1.82, 2.24) is 4.90 Å². The van der Waals surface area contributed by atoms with Gasteiger partial charge in [-0.3, -0.25) is 0 Å². The Balaban J connectivity index is 1.92. The van der Waals surface area contributed by atoms with Gasteiger partial charge in [0.25, 0.3) is 0 Å². The van der Waals surface area contributed by atoms with Gasteiger partial charge in [0.15, 0.2) is 0 Å². The first-order chi connectivity index (χ1) is 8.15. The van der Waals surface area contributed by atoms with E-state index in [-0.39, 0.29) is 5.82 Å². The lowest BCUT2D eigenvalue weighted by Crippen LogP contribution is -2.40. The lowest BCUT2D eigenvalue weighted by molar-refractivity contribution is 0.125. The van der Waals surface area contributed by atoms with E-state index in [1.54, 1.807) is 6.07 Å². The zero-order valence-corrected chi connectivity index (χ0v) is 10.2. The van der Waals surface area contributed by atoms with E-state index in [0.717, 1.165) is 13.0 Å². The molecule has 0 saturated carbocycles. The maximum Gasteiger partial charge on any atom is 0.128 e. The number of nitrogens with two attached hydrogens (primary N) is 1. The molecule has 3 nitrogen and oxygen atoms in total. The van der Waals surface area contributed by atoms with Crippen LogP contribution < -0.4 is 10.5 Å². The molecule has 2 rings (SSSR count). The summed E-state index contributed by atoms with van der Waals surface area (Å²) in [5.74, 6) is 0.165. The predicted molar refractivity (Wildman–Crippen MR) is 66.6 cm³/mol. The quantitative estimate of drug-likeness (QED) is 0.821. The maximum absolute atomic E-state index is 13.1. The van der Waals surface area contributed by atoms with Crippen LogP contribution in [0, 0.1) is 5.82 Å². The molecule has 1 saturated heterocycles. The Morgan fingerprint density at radius 2 is 2.24 bits per heavy atom. The Labute approximate surface area is 101 Å². The molecule has 1 atom stereocenters. The van der Waals surface area contributed by atoms with E-state index in [1.807, 2.05) is 0 Å². The predicted octanol–water partition coefficient (Wildman–Crippen LogP) is 2.27. The minimum absolute atomic E-state index is 0.350. The number of nitrogens with zero attached hydrogens (tertiary/aromatic N) is 1. The Morgan fingerprint density at radius 1 is 1.41 bits per heavy atom. The number of halogens is 1. The van der Waals surface area contributed by atoms with Crippen LogP contribution in [-0.4, -0.2) is 31.1 Å². The van der Waals surface area contributed by atoms with Crippen LogP contribution in [0.25, 0.3) is 0 Å². The molecule has 0 spiro atoms. The van der Waals surface area contributed by atoms with Crippen molar-refractivity contribution in [2.75, 3.05) is 25.9 Å². The Bertz CT molecular complexity index is 363. The minimum atomic E-state index is -0.350. The fourth-order valence-electron chi connectivity index (χ4n) is 2.21. The average molecular weight is 238 g/mol. The Morgan fingerprint density at radius 3 is 2.94 bits per heavy atom. The molecule has 1 aromatic rings. The van der Waals surface area contributed by atoms with Crippen LogP contribution >= 0.6 is 0 Å². The summed E-state index contributed by atoms with van der Waals surface area (Å²) in [6, 6.07) is 4.75. The van der Waals surface area contributed by atoms with Crippen LogP contribution in [0.3, 0.4) is 0 Å². The molecule has 0 aromatic heterocycles. The fourth-order valence-corrected chi connectivity index (χ4v) is 2.21. The molecule has 1 aliphatic heterocycles. The van der Waals surface area contributed by atoms with Crippen LogP contribution in [0.2, 0.25) is 0 Å². The van der Waals surface area contributed by atoms with Gasteiger partial charge < -0.3 is 15.4 Å². The van der Waals surface area contributed by atoms with Crippen molar-refractivity contribution in [2.45, 2.75) is 25.3 Å². The number of hydrogen-bond acceptors (Lipinski definition) is 3. The average Bonchev–Trinajstić information content (AvgIpc) is 2.27. The lowest BCUT2D eigenvalue weighted by atomic mass is 10.0. The smallest absolute Gasteiger partial charge is 0.128 e. The molecule has 0 amide bonds. The zero-order valence-electron chi connectivity index (χ0n) is 10.2. The molecule has 1 unspecified atom stereocenters. The topological polar surface area (TPSA) is 38.5 Å². The standard InChI is InChI=1S/C13H19FN2O/c1-16-5-3-2-4-12(16)9-17-13-7-10(14)6-11(15)8-13/h6-8,12H,2-5,9,15H2,1H3. The summed E-state index contributed by atoms with van der Waals surface area (Å²) in [5, 5.41) is 0. The third-order valence-electron chi connectivity index (χ3n) is 3.26. The van der Waals surface area contributed by atoms with Crippen LogP contribution in [-0.2, 0) is 0 Å². The molecule has 0 radical (unpaired) electrons. The molecular formula is C13H19FN2O. The second-order valence-electron chi connectivity index (χ2n) is 4.66. The van der Waals surface area contributed by atoms with Gasteiger partial charge in [-0.2, -0.15) is 0 Å². The van der Waals surface area contributed by atoms with Crippen LogP contribution in [0.1, 0.15) is 19.3 Å². The van der Waals surface area contributed by atoms with Gasteiger partial charge in [0.05, 0.1) is 0 Å². The number of likely N-dealkylation sites (tertiary alicyclic amines) is 1. The zero-order chi connectivity index (χ0) is 12.3. The van der Waals surface area contributed by atoms with Crippen LogP contribution in [0.15, 0.2) is 18.2 Å². The van der Waals surface area contributed by atoms with Gasteiger partial charge in [-0.15, -0.1) is 0 Å². The molecular weight excluding hydrogens is 219 g/mol. The summed E-state index contributed by atoms with van der Waals surface area (Å²) >= 11 is 0. The number of hydrogen-bond donors (Lipinski definition) is 1. The summed E-state index contributed by atoms with van der Waals surface area (Å²) < 4.78 is 18.7. The molecule has 0 bridgehead atoms. The van der Waals surface area contributed by atoms with Gasteiger partial charge >= 0.3 is 0 Å². The first-order valence-electron chi connectivity index (χ1n) is 6.04. The van der Waals surface area contributed by atoms with Crippen molar-refractivity contribution in [1.29, 1.82) is 0 Å². The molecule has 1 heterocycles. The Hall–Kier alpha value is -1.29. The molecule has 4 heteroatoms. The van der Waals surface area contributed by atoms with E-state index in [9.17, 15) is 4.39 Å².